The largest absolute Gasteiger partial charge is 0.454 e. The number of benzene rings is 1. The van der Waals surface area contributed by atoms with Gasteiger partial charge in [0.15, 0.2) is 11.5 Å². The first-order valence-electron chi connectivity index (χ1n) is 7.45. The van der Waals surface area contributed by atoms with Crippen molar-refractivity contribution >= 4 is 0 Å². The summed E-state index contributed by atoms with van der Waals surface area (Å²) < 4.78 is 11.0. The van der Waals surface area contributed by atoms with Crippen LogP contribution in [-0.2, 0) is 6.54 Å². The van der Waals surface area contributed by atoms with Gasteiger partial charge < -0.3 is 19.7 Å². The molecule has 1 saturated heterocycles. The minimum absolute atomic E-state index is 0.248. The van der Waals surface area contributed by atoms with Crippen molar-refractivity contribution in [1.82, 2.24) is 4.90 Å². The molecule has 1 aromatic carbocycles. The van der Waals surface area contributed by atoms with Gasteiger partial charge in [-0.1, -0.05) is 6.08 Å². The van der Waals surface area contributed by atoms with Gasteiger partial charge in [-0.3, -0.25) is 4.90 Å². The number of hydrogen-bond acceptors (Lipinski definition) is 5. The Labute approximate surface area is 122 Å². The molecule has 4 aliphatic rings. The smallest absolute Gasteiger partial charge is 0.231 e. The second-order valence-corrected chi connectivity index (χ2v) is 6.36. The fraction of sp³-hybridized carbons (Fsp3) is 0.500. The SMILES string of the molecule is O[C@@H]1C=C2[C@H]3CN(Cc4cc5c(cc43)OCO5)[C@H]2C[C@@H]1O. The van der Waals surface area contributed by atoms with Gasteiger partial charge in [0.2, 0.25) is 6.79 Å². The van der Waals surface area contributed by atoms with Crippen molar-refractivity contribution in [1.29, 1.82) is 0 Å². The first-order valence-corrected chi connectivity index (χ1v) is 7.45. The lowest BCUT2D eigenvalue weighted by Crippen LogP contribution is -2.39. The van der Waals surface area contributed by atoms with E-state index in [0.717, 1.165) is 24.6 Å². The maximum atomic E-state index is 9.96. The Morgan fingerprint density at radius 2 is 1.95 bits per heavy atom. The quantitative estimate of drug-likeness (QED) is 0.690. The number of rotatable bonds is 0. The second-order valence-electron chi connectivity index (χ2n) is 6.36. The summed E-state index contributed by atoms with van der Waals surface area (Å²) >= 11 is 0. The molecule has 0 saturated carbocycles. The zero-order valence-electron chi connectivity index (χ0n) is 11.5. The van der Waals surface area contributed by atoms with Crippen LogP contribution in [0.5, 0.6) is 11.5 Å². The summed E-state index contributed by atoms with van der Waals surface area (Å²) in [5.74, 6) is 1.95. The van der Waals surface area contributed by atoms with Gasteiger partial charge in [0, 0.05) is 25.0 Å². The van der Waals surface area contributed by atoms with Gasteiger partial charge in [-0.2, -0.15) is 0 Å². The lowest BCUT2D eigenvalue weighted by atomic mass is 9.82. The van der Waals surface area contributed by atoms with Gasteiger partial charge in [-0.05, 0) is 35.3 Å². The summed E-state index contributed by atoms with van der Waals surface area (Å²) in [5.41, 5.74) is 3.81. The molecule has 5 atom stereocenters. The van der Waals surface area contributed by atoms with Crippen LogP contribution in [0.3, 0.4) is 0 Å². The van der Waals surface area contributed by atoms with Crippen molar-refractivity contribution in [3.63, 3.8) is 0 Å². The third-order valence-corrected chi connectivity index (χ3v) is 5.25. The second kappa shape index (κ2) is 4.00. The Balaban J connectivity index is 1.63. The van der Waals surface area contributed by atoms with Gasteiger partial charge in [-0.15, -0.1) is 0 Å². The normalized spacial score (nSPS) is 38.8. The maximum Gasteiger partial charge on any atom is 0.231 e. The fourth-order valence-corrected chi connectivity index (χ4v) is 4.23. The predicted molar refractivity (Wildman–Crippen MR) is 74.2 cm³/mol. The highest BCUT2D eigenvalue weighted by Crippen LogP contribution is 2.49. The number of hydrogen-bond donors (Lipinski definition) is 2. The van der Waals surface area contributed by atoms with Crippen LogP contribution in [-0.4, -0.2) is 46.7 Å². The third kappa shape index (κ3) is 1.56. The summed E-state index contributed by atoms with van der Waals surface area (Å²) in [5, 5.41) is 19.9. The standard InChI is InChI=1S/C16H17NO4/c18-13-2-10-11-6-17(12(10)4-14(13)19)5-8-1-15-16(3-9(8)11)21-7-20-15/h1-3,11-14,18-19H,4-7H2/t11-,12-,13+,14-/m0/s1. The summed E-state index contributed by atoms with van der Waals surface area (Å²) in [6.45, 7) is 2.12. The van der Waals surface area contributed by atoms with Gasteiger partial charge in [0.05, 0.1) is 12.2 Å². The Hall–Kier alpha value is -1.56. The molecule has 0 spiro atoms. The summed E-state index contributed by atoms with van der Waals surface area (Å²) in [4.78, 5) is 2.40. The number of aliphatic hydroxyl groups is 2. The van der Waals surface area contributed by atoms with E-state index in [1.807, 2.05) is 6.08 Å². The van der Waals surface area contributed by atoms with E-state index < -0.39 is 12.2 Å². The molecule has 110 valence electrons. The third-order valence-electron chi connectivity index (χ3n) is 5.25. The summed E-state index contributed by atoms with van der Waals surface area (Å²) in [6.07, 6.45) is 1.08. The van der Waals surface area contributed by atoms with Crippen LogP contribution in [0.1, 0.15) is 23.5 Å². The molecule has 1 unspecified atom stereocenters. The molecule has 0 aromatic heterocycles. The molecule has 0 radical (unpaired) electrons. The topological polar surface area (TPSA) is 62.2 Å². The highest BCUT2D eigenvalue weighted by molar-refractivity contribution is 5.54. The van der Waals surface area contributed by atoms with E-state index in [9.17, 15) is 10.2 Å². The van der Waals surface area contributed by atoms with Crippen LogP contribution in [0, 0.1) is 0 Å². The molecule has 0 amide bonds. The monoisotopic (exact) mass is 287 g/mol. The van der Waals surface area contributed by atoms with E-state index in [1.165, 1.54) is 16.7 Å². The van der Waals surface area contributed by atoms with E-state index in [4.69, 9.17) is 9.47 Å². The zero-order chi connectivity index (χ0) is 14.1. The number of ether oxygens (including phenoxy) is 2. The minimum atomic E-state index is -0.741. The zero-order valence-corrected chi connectivity index (χ0v) is 11.5. The van der Waals surface area contributed by atoms with Crippen molar-refractivity contribution in [3.05, 3.63) is 34.9 Å². The first kappa shape index (κ1) is 12.0. The molecule has 2 bridgehead atoms. The van der Waals surface area contributed by atoms with Gasteiger partial charge in [-0.25, -0.2) is 0 Å². The van der Waals surface area contributed by atoms with Crippen molar-refractivity contribution in [2.24, 2.45) is 0 Å². The molecule has 1 aromatic rings. The average molecular weight is 287 g/mol. The van der Waals surface area contributed by atoms with Crippen LogP contribution < -0.4 is 9.47 Å². The number of nitrogens with zero attached hydrogens (tertiary/aromatic N) is 1. The lowest BCUT2D eigenvalue weighted by molar-refractivity contribution is 0.0208. The van der Waals surface area contributed by atoms with Crippen molar-refractivity contribution in [2.75, 3.05) is 13.3 Å². The molecular formula is C16H17NO4. The van der Waals surface area contributed by atoms with E-state index in [1.54, 1.807) is 0 Å². The Morgan fingerprint density at radius 1 is 1.14 bits per heavy atom. The summed E-state index contributed by atoms with van der Waals surface area (Å²) in [6, 6.07) is 4.43. The molecule has 21 heavy (non-hydrogen) atoms. The Morgan fingerprint density at radius 3 is 2.81 bits per heavy atom. The highest BCUT2D eigenvalue weighted by atomic mass is 16.7. The highest BCUT2D eigenvalue weighted by Gasteiger charge is 2.46. The molecule has 5 heteroatoms. The number of aliphatic hydroxyl groups excluding tert-OH is 2. The van der Waals surface area contributed by atoms with Crippen LogP contribution in [0.25, 0.3) is 0 Å². The summed E-state index contributed by atoms with van der Waals surface area (Å²) in [7, 11) is 0. The van der Waals surface area contributed by atoms with E-state index >= 15 is 0 Å². The van der Waals surface area contributed by atoms with E-state index in [0.29, 0.717) is 19.1 Å². The molecule has 3 aliphatic heterocycles. The van der Waals surface area contributed by atoms with E-state index in [2.05, 4.69) is 17.0 Å². The fourth-order valence-electron chi connectivity index (χ4n) is 4.23. The molecular weight excluding hydrogens is 270 g/mol. The molecule has 1 aliphatic carbocycles. The van der Waals surface area contributed by atoms with Crippen LogP contribution in [0.4, 0.5) is 0 Å². The Bertz CT molecular complexity index is 656. The number of fused-ring (bicyclic) bond motifs is 8. The molecule has 5 rings (SSSR count). The van der Waals surface area contributed by atoms with Crippen molar-refractivity contribution in [2.45, 2.75) is 37.1 Å². The van der Waals surface area contributed by atoms with Crippen molar-refractivity contribution in [3.8, 4) is 11.5 Å². The van der Waals surface area contributed by atoms with Crippen LogP contribution in [0.15, 0.2) is 23.8 Å². The first-order chi connectivity index (χ1) is 10.2. The van der Waals surface area contributed by atoms with Crippen molar-refractivity contribution < 1.29 is 19.7 Å². The molecule has 5 nitrogen and oxygen atoms in total. The van der Waals surface area contributed by atoms with Gasteiger partial charge in [0.25, 0.3) is 0 Å². The maximum absolute atomic E-state index is 9.96. The average Bonchev–Trinajstić information content (AvgIpc) is 3.03. The minimum Gasteiger partial charge on any atom is -0.454 e. The van der Waals surface area contributed by atoms with Gasteiger partial charge in [0.1, 0.15) is 0 Å². The lowest BCUT2D eigenvalue weighted by Gasteiger charge is -2.31. The van der Waals surface area contributed by atoms with Crippen LogP contribution in [0.2, 0.25) is 0 Å². The predicted octanol–water partition coefficient (Wildman–Crippen LogP) is 0.749. The van der Waals surface area contributed by atoms with Crippen LogP contribution >= 0.6 is 0 Å². The molecule has 3 heterocycles. The van der Waals surface area contributed by atoms with E-state index in [-0.39, 0.29) is 6.04 Å². The molecule has 1 fully saturated rings. The van der Waals surface area contributed by atoms with Gasteiger partial charge >= 0.3 is 0 Å². The Kier molecular flexibility index (Phi) is 2.29. The molecule has 2 N–H and O–H groups in total.